The molecule has 6 heteroatoms. The number of carbonyl (C=O) groups is 2. The zero-order chi connectivity index (χ0) is 22.7. The van der Waals surface area contributed by atoms with E-state index in [-0.39, 0.29) is 23.0 Å². The lowest BCUT2D eigenvalue weighted by Crippen LogP contribution is -2.03. The number of aromatic nitrogens is 2. The molecule has 33 heavy (non-hydrogen) atoms. The molecule has 1 aliphatic carbocycles. The van der Waals surface area contributed by atoms with Crippen LogP contribution in [0.2, 0.25) is 0 Å². The second kappa shape index (κ2) is 7.32. The van der Waals surface area contributed by atoms with Gasteiger partial charge in [-0.2, -0.15) is 0 Å². The zero-order valence-electron chi connectivity index (χ0n) is 17.6. The van der Waals surface area contributed by atoms with Crippen LogP contribution in [0, 0.1) is 5.82 Å². The highest BCUT2D eigenvalue weighted by atomic mass is 32.1. The molecular formula is C27H17FN2O2S. The molecular weight excluding hydrogens is 435 g/mol. The fourth-order valence-electron chi connectivity index (χ4n) is 4.40. The van der Waals surface area contributed by atoms with E-state index in [1.54, 1.807) is 30.3 Å². The fraction of sp³-hybridized carbons (Fsp3) is 0.0741. The van der Waals surface area contributed by atoms with Crippen LogP contribution in [0.15, 0.2) is 72.3 Å². The highest BCUT2D eigenvalue weighted by molar-refractivity contribution is 7.21. The Kier molecular flexibility index (Phi) is 4.38. The third-order valence-electron chi connectivity index (χ3n) is 6.04. The molecule has 2 aromatic heterocycles. The molecule has 0 spiro atoms. The molecule has 0 aliphatic heterocycles. The van der Waals surface area contributed by atoms with E-state index in [0.29, 0.717) is 17.7 Å². The summed E-state index contributed by atoms with van der Waals surface area (Å²) in [6, 6.07) is 19.5. The highest BCUT2D eigenvalue weighted by Crippen LogP contribution is 2.35. The smallest absolute Gasteiger partial charge is 0.197 e. The van der Waals surface area contributed by atoms with Gasteiger partial charge >= 0.3 is 0 Å². The Bertz CT molecular complexity index is 1580. The van der Waals surface area contributed by atoms with Crippen LogP contribution in [0.3, 0.4) is 0 Å². The fourth-order valence-corrected chi connectivity index (χ4v) is 5.42. The maximum atomic E-state index is 13.3. The van der Waals surface area contributed by atoms with Crippen molar-refractivity contribution in [3.05, 3.63) is 94.9 Å². The summed E-state index contributed by atoms with van der Waals surface area (Å²) in [6.45, 7) is 2.63. The van der Waals surface area contributed by atoms with Crippen molar-refractivity contribution in [1.82, 2.24) is 9.55 Å². The van der Waals surface area contributed by atoms with Crippen LogP contribution in [0.4, 0.5) is 4.39 Å². The van der Waals surface area contributed by atoms with Gasteiger partial charge in [-0.25, -0.2) is 9.37 Å². The normalized spacial score (nSPS) is 13.3. The van der Waals surface area contributed by atoms with Gasteiger partial charge in [0.15, 0.2) is 17.2 Å². The van der Waals surface area contributed by atoms with E-state index in [4.69, 9.17) is 4.98 Å². The molecule has 0 N–H and O–H groups in total. The van der Waals surface area contributed by atoms with Gasteiger partial charge in [0.2, 0.25) is 0 Å². The molecule has 0 fully saturated rings. The number of Topliss-reactive ketones (excluding diaryl/α,β-unsaturated/α-hetero) is 2. The minimum absolute atomic E-state index is 0.180. The molecule has 0 amide bonds. The van der Waals surface area contributed by atoms with E-state index in [1.807, 2.05) is 41.8 Å². The minimum atomic E-state index is -0.286. The second-order valence-electron chi connectivity index (χ2n) is 7.99. The summed E-state index contributed by atoms with van der Waals surface area (Å²) >= 11 is 1.50. The van der Waals surface area contributed by atoms with E-state index in [2.05, 4.69) is 0 Å². The number of benzene rings is 3. The Morgan fingerprint density at radius 2 is 1.58 bits per heavy atom. The number of allylic oxidation sites excluding steroid dienone is 1. The van der Waals surface area contributed by atoms with Crippen molar-refractivity contribution in [2.45, 2.75) is 13.5 Å². The third kappa shape index (κ3) is 3.06. The lowest BCUT2D eigenvalue weighted by molar-refractivity contribution is 0.0990. The van der Waals surface area contributed by atoms with Crippen LogP contribution < -0.4 is 0 Å². The van der Waals surface area contributed by atoms with Crippen LogP contribution in [-0.4, -0.2) is 21.1 Å². The van der Waals surface area contributed by atoms with Crippen LogP contribution in [0.5, 0.6) is 0 Å². The minimum Gasteiger partial charge on any atom is -0.325 e. The van der Waals surface area contributed by atoms with Gasteiger partial charge < -0.3 is 4.57 Å². The van der Waals surface area contributed by atoms with Crippen molar-refractivity contribution in [3.63, 3.8) is 0 Å². The number of nitrogens with zero attached hydrogens (tertiary/aromatic N) is 2. The summed E-state index contributed by atoms with van der Waals surface area (Å²) in [5, 5.41) is 2.68. The SMILES string of the molecule is CCn1c(C=C2C(=O)c3cc4ccccc4cc3C2=O)cc2sc(-c3ccc(F)cc3)nc21. The van der Waals surface area contributed by atoms with Crippen molar-refractivity contribution < 1.29 is 14.0 Å². The number of hydrogen-bond donors (Lipinski definition) is 0. The number of rotatable bonds is 3. The van der Waals surface area contributed by atoms with Gasteiger partial charge in [0.05, 0.1) is 10.3 Å². The number of hydrogen-bond acceptors (Lipinski definition) is 4. The summed E-state index contributed by atoms with van der Waals surface area (Å²) in [5.41, 5.74) is 3.50. The van der Waals surface area contributed by atoms with Gasteiger partial charge in [-0.1, -0.05) is 24.3 Å². The number of fused-ring (bicyclic) bond motifs is 3. The molecule has 4 nitrogen and oxygen atoms in total. The van der Waals surface area contributed by atoms with E-state index in [9.17, 15) is 14.0 Å². The van der Waals surface area contributed by atoms with Crippen molar-refractivity contribution >= 4 is 50.1 Å². The van der Waals surface area contributed by atoms with Gasteiger partial charge in [-0.3, -0.25) is 9.59 Å². The number of thiazole rings is 1. The number of ketones is 2. The van der Waals surface area contributed by atoms with E-state index >= 15 is 0 Å². The lowest BCUT2D eigenvalue weighted by Gasteiger charge is -2.03. The largest absolute Gasteiger partial charge is 0.325 e. The quantitative estimate of drug-likeness (QED) is 0.231. The number of carbonyl (C=O) groups excluding carboxylic acids is 2. The molecule has 0 atom stereocenters. The Balaban J connectivity index is 1.44. The standard InChI is InChI=1S/C27H17FN2O2S/c1-2-30-19(14-23-26(30)29-27(33-23)15-7-9-18(28)10-8-15)13-22-24(31)20-11-16-5-3-4-6-17(16)12-21(20)25(22)32/h3-14H,2H2,1H3. The molecule has 6 rings (SSSR count). The maximum Gasteiger partial charge on any atom is 0.197 e. The van der Waals surface area contributed by atoms with E-state index < -0.39 is 0 Å². The number of aryl methyl sites for hydroxylation is 1. The summed E-state index contributed by atoms with van der Waals surface area (Å²) in [7, 11) is 0. The van der Waals surface area contributed by atoms with Crippen molar-refractivity contribution in [2.75, 3.05) is 0 Å². The van der Waals surface area contributed by atoms with Gasteiger partial charge in [-0.05, 0) is 66.2 Å². The van der Waals surface area contributed by atoms with Crippen LogP contribution in [0.1, 0.15) is 33.3 Å². The Morgan fingerprint density at radius 1 is 0.939 bits per heavy atom. The van der Waals surface area contributed by atoms with Crippen molar-refractivity contribution in [2.24, 2.45) is 0 Å². The van der Waals surface area contributed by atoms with Gasteiger partial charge in [0, 0.05) is 28.9 Å². The summed E-state index contributed by atoms with van der Waals surface area (Å²) in [4.78, 5) is 31.0. The molecule has 0 bridgehead atoms. The van der Waals surface area contributed by atoms with Gasteiger partial charge in [0.25, 0.3) is 0 Å². The third-order valence-corrected chi connectivity index (χ3v) is 7.09. The van der Waals surface area contributed by atoms with E-state index in [0.717, 1.165) is 37.4 Å². The monoisotopic (exact) mass is 452 g/mol. The molecule has 5 aromatic rings. The van der Waals surface area contributed by atoms with Crippen LogP contribution >= 0.6 is 11.3 Å². The van der Waals surface area contributed by atoms with Crippen molar-refractivity contribution in [3.8, 4) is 10.6 Å². The highest BCUT2D eigenvalue weighted by Gasteiger charge is 2.33. The van der Waals surface area contributed by atoms with Crippen LogP contribution in [-0.2, 0) is 6.54 Å². The predicted octanol–water partition coefficient (Wildman–Crippen LogP) is 6.54. The Hall–Kier alpha value is -3.90. The van der Waals surface area contributed by atoms with Gasteiger partial charge in [-0.15, -0.1) is 11.3 Å². The molecule has 2 heterocycles. The summed E-state index contributed by atoms with van der Waals surface area (Å²) < 4.78 is 16.2. The van der Waals surface area contributed by atoms with Crippen molar-refractivity contribution in [1.29, 1.82) is 0 Å². The predicted molar refractivity (Wildman–Crippen MR) is 129 cm³/mol. The average molecular weight is 453 g/mol. The molecule has 3 aromatic carbocycles. The Labute approximate surface area is 192 Å². The second-order valence-corrected chi connectivity index (χ2v) is 9.02. The lowest BCUT2D eigenvalue weighted by atomic mass is 10.0. The maximum absolute atomic E-state index is 13.3. The molecule has 160 valence electrons. The molecule has 0 saturated heterocycles. The molecule has 0 unspecified atom stereocenters. The van der Waals surface area contributed by atoms with E-state index in [1.165, 1.54) is 23.5 Å². The molecule has 1 aliphatic rings. The first-order valence-corrected chi connectivity index (χ1v) is 11.4. The topological polar surface area (TPSA) is 52.0 Å². The number of halogens is 1. The molecule has 0 radical (unpaired) electrons. The summed E-state index contributed by atoms with van der Waals surface area (Å²) in [5.74, 6) is -0.771. The zero-order valence-corrected chi connectivity index (χ0v) is 18.4. The average Bonchev–Trinajstić information content (AvgIpc) is 3.44. The summed E-state index contributed by atoms with van der Waals surface area (Å²) in [6.07, 6.45) is 1.69. The first kappa shape index (κ1) is 19.8. The van der Waals surface area contributed by atoms with Gasteiger partial charge in [0.1, 0.15) is 10.8 Å². The van der Waals surface area contributed by atoms with Crippen LogP contribution in [0.25, 0.3) is 37.8 Å². The first-order valence-electron chi connectivity index (χ1n) is 10.6. The molecule has 0 saturated carbocycles. The Morgan fingerprint density at radius 3 is 2.18 bits per heavy atom. The first-order chi connectivity index (χ1) is 16.0.